The normalized spacial score (nSPS) is 12.4. The number of carbonyl (C=O) groups excluding carboxylic acids is 1. The summed E-state index contributed by atoms with van der Waals surface area (Å²) in [6, 6.07) is 8.51. The van der Waals surface area contributed by atoms with Crippen molar-refractivity contribution in [1.29, 1.82) is 0 Å². The van der Waals surface area contributed by atoms with E-state index in [1.165, 1.54) is 5.56 Å². The molecule has 0 saturated heterocycles. The van der Waals surface area contributed by atoms with E-state index in [0.29, 0.717) is 18.9 Å². The van der Waals surface area contributed by atoms with Gasteiger partial charge in [0.15, 0.2) is 0 Å². The topological polar surface area (TPSA) is 52.3 Å². The average molecular weight is 277 g/mol. The SMILES string of the molecule is CCOC(=O)CCCC(N)c1ccc(CC(C)C)cc1. The van der Waals surface area contributed by atoms with Crippen LogP contribution in [0.2, 0.25) is 0 Å². The van der Waals surface area contributed by atoms with Crippen LogP contribution in [0, 0.1) is 5.92 Å². The van der Waals surface area contributed by atoms with E-state index >= 15 is 0 Å². The van der Waals surface area contributed by atoms with E-state index in [1.54, 1.807) is 0 Å². The fourth-order valence-electron chi connectivity index (χ4n) is 2.24. The maximum Gasteiger partial charge on any atom is 0.305 e. The van der Waals surface area contributed by atoms with Gasteiger partial charge in [0.05, 0.1) is 6.61 Å². The number of ether oxygens (including phenoxy) is 1. The first-order valence-electron chi connectivity index (χ1n) is 7.53. The molecule has 0 aliphatic rings. The molecule has 0 heterocycles. The van der Waals surface area contributed by atoms with Gasteiger partial charge in [-0.05, 0) is 43.2 Å². The van der Waals surface area contributed by atoms with Crippen LogP contribution in [-0.4, -0.2) is 12.6 Å². The summed E-state index contributed by atoms with van der Waals surface area (Å²) in [7, 11) is 0. The van der Waals surface area contributed by atoms with E-state index < -0.39 is 0 Å². The molecule has 0 aliphatic carbocycles. The van der Waals surface area contributed by atoms with E-state index in [0.717, 1.165) is 24.8 Å². The van der Waals surface area contributed by atoms with Crippen LogP contribution in [0.25, 0.3) is 0 Å². The smallest absolute Gasteiger partial charge is 0.305 e. The summed E-state index contributed by atoms with van der Waals surface area (Å²) in [5.74, 6) is 0.533. The van der Waals surface area contributed by atoms with Gasteiger partial charge in [0, 0.05) is 12.5 Å². The molecule has 1 aromatic carbocycles. The van der Waals surface area contributed by atoms with Gasteiger partial charge in [0.25, 0.3) is 0 Å². The fourth-order valence-corrected chi connectivity index (χ4v) is 2.24. The molecule has 1 atom stereocenters. The second-order valence-corrected chi connectivity index (χ2v) is 5.64. The molecule has 0 amide bonds. The minimum atomic E-state index is -0.132. The lowest BCUT2D eigenvalue weighted by molar-refractivity contribution is -0.143. The molecule has 0 spiro atoms. The van der Waals surface area contributed by atoms with Crippen LogP contribution in [-0.2, 0) is 16.0 Å². The van der Waals surface area contributed by atoms with Gasteiger partial charge in [0.2, 0.25) is 0 Å². The van der Waals surface area contributed by atoms with Crippen molar-refractivity contribution in [2.75, 3.05) is 6.61 Å². The average Bonchev–Trinajstić information content (AvgIpc) is 2.39. The molecule has 1 aromatic rings. The van der Waals surface area contributed by atoms with Gasteiger partial charge in [-0.2, -0.15) is 0 Å². The number of esters is 1. The third kappa shape index (κ3) is 6.20. The molecule has 1 rings (SSSR count). The number of hydrogen-bond donors (Lipinski definition) is 1. The molecule has 3 nitrogen and oxygen atoms in total. The Morgan fingerprint density at radius 1 is 1.25 bits per heavy atom. The van der Waals surface area contributed by atoms with Crippen molar-refractivity contribution in [3.63, 3.8) is 0 Å². The Hall–Kier alpha value is -1.35. The van der Waals surface area contributed by atoms with Crippen LogP contribution in [0.4, 0.5) is 0 Å². The van der Waals surface area contributed by atoms with Gasteiger partial charge in [0.1, 0.15) is 0 Å². The highest BCUT2D eigenvalue weighted by atomic mass is 16.5. The third-order valence-corrected chi connectivity index (χ3v) is 3.25. The van der Waals surface area contributed by atoms with Gasteiger partial charge in [-0.25, -0.2) is 0 Å². The highest BCUT2D eigenvalue weighted by molar-refractivity contribution is 5.69. The zero-order valence-electron chi connectivity index (χ0n) is 12.9. The van der Waals surface area contributed by atoms with E-state index in [2.05, 4.69) is 38.1 Å². The van der Waals surface area contributed by atoms with Crippen molar-refractivity contribution < 1.29 is 9.53 Å². The van der Waals surface area contributed by atoms with Gasteiger partial charge in [-0.1, -0.05) is 38.1 Å². The number of rotatable bonds is 8. The van der Waals surface area contributed by atoms with Crippen molar-refractivity contribution in [1.82, 2.24) is 0 Å². The van der Waals surface area contributed by atoms with E-state index in [1.807, 2.05) is 6.92 Å². The maximum atomic E-state index is 11.2. The molecule has 2 N–H and O–H groups in total. The first-order valence-corrected chi connectivity index (χ1v) is 7.53. The largest absolute Gasteiger partial charge is 0.466 e. The van der Waals surface area contributed by atoms with Crippen LogP contribution < -0.4 is 5.73 Å². The second-order valence-electron chi connectivity index (χ2n) is 5.64. The molecule has 0 saturated carbocycles. The molecular weight excluding hydrogens is 250 g/mol. The third-order valence-electron chi connectivity index (χ3n) is 3.25. The Morgan fingerprint density at radius 2 is 1.90 bits per heavy atom. The number of hydrogen-bond acceptors (Lipinski definition) is 3. The summed E-state index contributed by atoms with van der Waals surface area (Å²) in [5, 5.41) is 0. The van der Waals surface area contributed by atoms with Crippen molar-refractivity contribution in [3.8, 4) is 0 Å². The zero-order chi connectivity index (χ0) is 15.0. The standard InChI is InChI=1S/C17H27NO2/c1-4-20-17(19)7-5-6-16(18)15-10-8-14(9-11-15)12-13(2)3/h8-11,13,16H,4-7,12,18H2,1-3H3. The van der Waals surface area contributed by atoms with Crippen LogP contribution >= 0.6 is 0 Å². The minimum absolute atomic E-state index is 0.00229. The summed E-state index contributed by atoms with van der Waals surface area (Å²) in [6.45, 7) is 6.70. The van der Waals surface area contributed by atoms with Crippen molar-refractivity contribution >= 4 is 5.97 Å². The fraction of sp³-hybridized carbons (Fsp3) is 0.588. The van der Waals surface area contributed by atoms with Crippen molar-refractivity contribution in [2.45, 2.75) is 52.5 Å². The summed E-state index contributed by atoms with van der Waals surface area (Å²) in [5.41, 5.74) is 8.64. The molecule has 0 bridgehead atoms. The van der Waals surface area contributed by atoms with Crippen molar-refractivity contribution in [2.24, 2.45) is 11.7 Å². The first-order chi connectivity index (χ1) is 9.52. The molecule has 1 unspecified atom stereocenters. The van der Waals surface area contributed by atoms with E-state index in [-0.39, 0.29) is 12.0 Å². The Kier molecular flexibility index (Phi) is 7.31. The molecule has 3 heteroatoms. The molecule has 112 valence electrons. The second kappa shape index (κ2) is 8.75. The molecule has 20 heavy (non-hydrogen) atoms. The molecule has 0 radical (unpaired) electrons. The molecule has 0 aliphatic heterocycles. The summed E-state index contributed by atoms with van der Waals surface area (Å²) < 4.78 is 4.90. The van der Waals surface area contributed by atoms with Crippen LogP contribution in [0.5, 0.6) is 0 Å². The molecular formula is C17H27NO2. The summed E-state index contributed by atoms with van der Waals surface area (Å²) >= 11 is 0. The quantitative estimate of drug-likeness (QED) is 0.738. The predicted octanol–water partition coefficient (Wildman–Crippen LogP) is 3.62. The maximum absolute atomic E-state index is 11.2. The Balaban J connectivity index is 2.39. The number of nitrogens with two attached hydrogens (primary N) is 1. The predicted molar refractivity (Wildman–Crippen MR) is 82.4 cm³/mol. The summed E-state index contributed by atoms with van der Waals surface area (Å²) in [6.07, 6.45) is 3.13. The lowest BCUT2D eigenvalue weighted by atomic mass is 9.97. The van der Waals surface area contributed by atoms with Gasteiger partial charge in [-0.3, -0.25) is 4.79 Å². The van der Waals surface area contributed by atoms with Gasteiger partial charge < -0.3 is 10.5 Å². The number of benzene rings is 1. The van der Waals surface area contributed by atoms with E-state index in [9.17, 15) is 4.79 Å². The molecule has 0 aromatic heterocycles. The Bertz CT molecular complexity index is 398. The van der Waals surface area contributed by atoms with Gasteiger partial charge >= 0.3 is 5.97 Å². The zero-order valence-corrected chi connectivity index (χ0v) is 12.9. The minimum Gasteiger partial charge on any atom is -0.466 e. The highest BCUT2D eigenvalue weighted by Gasteiger charge is 2.08. The monoisotopic (exact) mass is 277 g/mol. The molecule has 0 fully saturated rings. The Morgan fingerprint density at radius 3 is 2.45 bits per heavy atom. The summed E-state index contributed by atoms with van der Waals surface area (Å²) in [4.78, 5) is 11.2. The number of carbonyl (C=O) groups is 1. The van der Waals surface area contributed by atoms with Crippen LogP contribution in [0.1, 0.15) is 57.2 Å². The van der Waals surface area contributed by atoms with Gasteiger partial charge in [-0.15, -0.1) is 0 Å². The highest BCUT2D eigenvalue weighted by Crippen LogP contribution is 2.18. The van der Waals surface area contributed by atoms with Crippen LogP contribution in [0.3, 0.4) is 0 Å². The van der Waals surface area contributed by atoms with E-state index in [4.69, 9.17) is 10.5 Å². The van der Waals surface area contributed by atoms with Crippen LogP contribution in [0.15, 0.2) is 24.3 Å². The first kappa shape index (κ1) is 16.7. The lowest BCUT2D eigenvalue weighted by Gasteiger charge is -2.13. The lowest BCUT2D eigenvalue weighted by Crippen LogP contribution is -2.12. The van der Waals surface area contributed by atoms with Crippen molar-refractivity contribution in [3.05, 3.63) is 35.4 Å². The Labute approximate surface area is 122 Å².